The van der Waals surface area contributed by atoms with Gasteiger partial charge in [0.2, 0.25) is 11.8 Å². The summed E-state index contributed by atoms with van der Waals surface area (Å²) in [5, 5.41) is 9.38. The van der Waals surface area contributed by atoms with Gasteiger partial charge in [0.15, 0.2) is 0 Å². The van der Waals surface area contributed by atoms with Gasteiger partial charge in [0, 0.05) is 43.5 Å². The van der Waals surface area contributed by atoms with Crippen LogP contribution in [0, 0.1) is 11.8 Å². The molecule has 2 fully saturated rings. The highest BCUT2D eigenvalue weighted by Gasteiger charge is 2.35. The number of anilines is 2. The summed E-state index contributed by atoms with van der Waals surface area (Å²) in [6.45, 7) is 4.13. The SMILES string of the molecule is CC1CCN(C(=O)c2ccc(NC(=O)C3CC(=O)N(c4cn[nH]c4)C3)cc2)CC1. The first-order chi connectivity index (χ1) is 14.0. The summed E-state index contributed by atoms with van der Waals surface area (Å²) in [4.78, 5) is 40.9. The highest BCUT2D eigenvalue weighted by Crippen LogP contribution is 2.25. The lowest BCUT2D eigenvalue weighted by Crippen LogP contribution is -2.37. The second-order valence-corrected chi connectivity index (χ2v) is 7.90. The van der Waals surface area contributed by atoms with Crippen LogP contribution in [0.4, 0.5) is 11.4 Å². The number of rotatable bonds is 4. The highest BCUT2D eigenvalue weighted by molar-refractivity contribution is 6.03. The van der Waals surface area contributed by atoms with Crippen LogP contribution >= 0.6 is 0 Å². The first kappa shape index (κ1) is 19.2. The minimum absolute atomic E-state index is 0.0342. The van der Waals surface area contributed by atoms with Crippen molar-refractivity contribution in [3.05, 3.63) is 42.2 Å². The molecule has 1 aromatic carbocycles. The average Bonchev–Trinajstić information content (AvgIpc) is 3.38. The lowest BCUT2D eigenvalue weighted by Gasteiger charge is -2.30. The molecule has 2 aliphatic heterocycles. The second kappa shape index (κ2) is 8.06. The zero-order valence-corrected chi connectivity index (χ0v) is 16.4. The molecule has 1 atom stereocenters. The van der Waals surface area contributed by atoms with E-state index in [1.165, 1.54) is 0 Å². The molecule has 8 nitrogen and oxygen atoms in total. The Morgan fingerprint density at radius 3 is 2.55 bits per heavy atom. The van der Waals surface area contributed by atoms with Crippen molar-refractivity contribution in [1.82, 2.24) is 15.1 Å². The third kappa shape index (κ3) is 4.16. The topological polar surface area (TPSA) is 98.4 Å². The third-order valence-electron chi connectivity index (χ3n) is 5.76. The van der Waals surface area contributed by atoms with Gasteiger partial charge in [-0.3, -0.25) is 19.5 Å². The fourth-order valence-electron chi connectivity index (χ4n) is 3.86. The molecule has 8 heteroatoms. The predicted molar refractivity (Wildman–Crippen MR) is 108 cm³/mol. The van der Waals surface area contributed by atoms with Crippen LogP contribution in [-0.2, 0) is 9.59 Å². The van der Waals surface area contributed by atoms with E-state index in [1.54, 1.807) is 41.6 Å². The van der Waals surface area contributed by atoms with E-state index in [9.17, 15) is 14.4 Å². The van der Waals surface area contributed by atoms with E-state index in [0.717, 1.165) is 25.9 Å². The molecule has 0 aliphatic carbocycles. The van der Waals surface area contributed by atoms with Gasteiger partial charge < -0.3 is 15.1 Å². The number of hydrogen-bond donors (Lipinski definition) is 2. The molecule has 2 aliphatic rings. The molecule has 3 amide bonds. The van der Waals surface area contributed by atoms with Crippen LogP contribution in [0.1, 0.15) is 36.5 Å². The van der Waals surface area contributed by atoms with Crippen molar-refractivity contribution in [3.8, 4) is 0 Å². The van der Waals surface area contributed by atoms with E-state index < -0.39 is 5.92 Å². The lowest BCUT2D eigenvalue weighted by atomic mass is 9.98. The van der Waals surface area contributed by atoms with Crippen LogP contribution in [0.3, 0.4) is 0 Å². The smallest absolute Gasteiger partial charge is 0.253 e. The summed E-state index contributed by atoms with van der Waals surface area (Å²) in [6.07, 6.45) is 5.44. The van der Waals surface area contributed by atoms with Crippen LogP contribution < -0.4 is 10.2 Å². The van der Waals surface area contributed by atoms with E-state index in [-0.39, 0.29) is 24.1 Å². The van der Waals surface area contributed by atoms with Crippen LogP contribution in [0.15, 0.2) is 36.7 Å². The molecule has 152 valence electrons. The van der Waals surface area contributed by atoms with E-state index >= 15 is 0 Å². The number of H-pyrrole nitrogens is 1. The van der Waals surface area contributed by atoms with Gasteiger partial charge in [-0.1, -0.05) is 6.92 Å². The summed E-state index contributed by atoms with van der Waals surface area (Å²) in [6, 6.07) is 6.96. The van der Waals surface area contributed by atoms with Crippen LogP contribution in [-0.4, -0.2) is 52.5 Å². The summed E-state index contributed by atoms with van der Waals surface area (Å²) in [5.41, 5.74) is 1.91. The molecule has 1 aromatic heterocycles. The van der Waals surface area contributed by atoms with Crippen molar-refractivity contribution in [2.45, 2.75) is 26.2 Å². The number of benzene rings is 1. The van der Waals surface area contributed by atoms with E-state index in [4.69, 9.17) is 0 Å². The summed E-state index contributed by atoms with van der Waals surface area (Å²) >= 11 is 0. The summed E-state index contributed by atoms with van der Waals surface area (Å²) in [7, 11) is 0. The van der Waals surface area contributed by atoms with Gasteiger partial charge >= 0.3 is 0 Å². The maximum atomic E-state index is 12.6. The molecule has 2 saturated heterocycles. The van der Waals surface area contributed by atoms with E-state index in [1.807, 2.05) is 4.90 Å². The van der Waals surface area contributed by atoms with Crippen molar-refractivity contribution in [1.29, 1.82) is 0 Å². The van der Waals surface area contributed by atoms with Gasteiger partial charge in [0.25, 0.3) is 5.91 Å². The number of carbonyl (C=O) groups excluding carboxylic acids is 3. The Labute approximate surface area is 169 Å². The molecule has 4 rings (SSSR count). The molecular formula is C21H25N5O3. The Morgan fingerprint density at radius 1 is 1.17 bits per heavy atom. The number of carbonyl (C=O) groups is 3. The van der Waals surface area contributed by atoms with Crippen molar-refractivity contribution in [2.24, 2.45) is 11.8 Å². The van der Waals surface area contributed by atoms with Crippen molar-refractivity contribution in [2.75, 3.05) is 29.9 Å². The number of likely N-dealkylation sites (tertiary alicyclic amines) is 1. The van der Waals surface area contributed by atoms with E-state index in [0.29, 0.717) is 29.4 Å². The molecule has 0 saturated carbocycles. The first-order valence-corrected chi connectivity index (χ1v) is 10.0. The van der Waals surface area contributed by atoms with Crippen molar-refractivity contribution in [3.63, 3.8) is 0 Å². The second-order valence-electron chi connectivity index (χ2n) is 7.90. The molecule has 0 bridgehead atoms. The largest absolute Gasteiger partial charge is 0.339 e. The van der Waals surface area contributed by atoms with Gasteiger partial charge in [0.05, 0.1) is 17.8 Å². The number of amides is 3. The number of nitrogens with zero attached hydrogens (tertiary/aromatic N) is 3. The fraction of sp³-hybridized carbons (Fsp3) is 0.429. The zero-order chi connectivity index (χ0) is 20.4. The molecule has 29 heavy (non-hydrogen) atoms. The highest BCUT2D eigenvalue weighted by atomic mass is 16.2. The molecule has 0 radical (unpaired) electrons. The standard InChI is InChI=1S/C21H25N5O3/c1-14-6-8-25(9-7-14)21(29)15-2-4-17(5-3-15)24-20(28)16-10-19(27)26(13-16)18-11-22-23-12-18/h2-5,11-12,14,16H,6-10,13H2,1H3,(H,22,23)(H,24,28). The van der Waals surface area contributed by atoms with Crippen LogP contribution in [0.25, 0.3) is 0 Å². The van der Waals surface area contributed by atoms with Crippen molar-refractivity contribution < 1.29 is 14.4 Å². The molecule has 1 unspecified atom stereocenters. The number of aromatic amines is 1. The molecular weight excluding hydrogens is 370 g/mol. The normalized spacial score (nSPS) is 20.2. The van der Waals surface area contributed by atoms with Crippen molar-refractivity contribution >= 4 is 29.1 Å². The quantitative estimate of drug-likeness (QED) is 0.830. The summed E-state index contributed by atoms with van der Waals surface area (Å²) < 4.78 is 0. The van der Waals surface area contributed by atoms with Gasteiger partial charge in [0.1, 0.15) is 0 Å². The number of piperidine rings is 1. The van der Waals surface area contributed by atoms with E-state index in [2.05, 4.69) is 22.4 Å². The Bertz CT molecular complexity index is 886. The van der Waals surface area contributed by atoms with Gasteiger partial charge in [-0.05, 0) is 43.0 Å². The molecule has 0 spiro atoms. The maximum absolute atomic E-state index is 12.6. The third-order valence-corrected chi connectivity index (χ3v) is 5.76. The predicted octanol–water partition coefficient (Wildman–Crippen LogP) is 2.27. The Morgan fingerprint density at radius 2 is 1.90 bits per heavy atom. The Hall–Kier alpha value is -3.16. The van der Waals surface area contributed by atoms with Crippen LogP contribution in [0.5, 0.6) is 0 Å². The fourth-order valence-corrected chi connectivity index (χ4v) is 3.86. The number of hydrogen-bond acceptors (Lipinski definition) is 4. The number of aromatic nitrogens is 2. The maximum Gasteiger partial charge on any atom is 0.253 e. The van der Waals surface area contributed by atoms with Gasteiger partial charge in [-0.25, -0.2) is 0 Å². The summed E-state index contributed by atoms with van der Waals surface area (Å²) in [5.74, 6) is -0.0127. The lowest BCUT2D eigenvalue weighted by molar-refractivity contribution is -0.122. The number of nitrogens with one attached hydrogen (secondary N) is 2. The Kier molecular flexibility index (Phi) is 5.33. The van der Waals surface area contributed by atoms with Gasteiger partial charge in [-0.15, -0.1) is 0 Å². The minimum Gasteiger partial charge on any atom is -0.339 e. The van der Waals surface area contributed by atoms with Gasteiger partial charge in [-0.2, -0.15) is 5.10 Å². The van der Waals surface area contributed by atoms with Crippen LogP contribution in [0.2, 0.25) is 0 Å². The first-order valence-electron chi connectivity index (χ1n) is 10.0. The minimum atomic E-state index is -0.422. The average molecular weight is 395 g/mol. The monoisotopic (exact) mass is 395 g/mol. The molecule has 3 heterocycles. The zero-order valence-electron chi connectivity index (χ0n) is 16.4. The molecule has 2 N–H and O–H groups in total. The Balaban J connectivity index is 1.34. The molecule has 2 aromatic rings.